The number of benzene rings is 3. The van der Waals surface area contributed by atoms with Crippen LogP contribution in [0.15, 0.2) is 78.5 Å². The van der Waals surface area contributed by atoms with Gasteiger partial charge in [-0.15, -0.1) is 0 Å². The fourth-order valence-electron chi connectivity index (χ4n) is 5.90. The molecular formula is C29H30IN3. The van der Waals surface area contributed by atoms with Gasteiger partial charge in [0.25, 0.3) is 5.82 Å². The number of fused-ring (bicyclic) bond motifs is 5. The molecule has 0 bridgehead atoms. The third-order valence-corrected chi connectivity index (χ3v) is 7.53. The molecule has 0 aliphatic carbocycles. The fraction of sp³-hybridized carbons (Fsp3) is 0.276. The van der Waals surface area contributed by atoms with E-state index in [0.717, 1.165) is 19.5 Å². The van der Waals surface area contributed by atoms with Crippen molar-refractivity contribution in [3.05, 3.63) is 89.9 Å². The van der Waals surface area contributed by atoms with E-state index in [2.05, 4.69) is 115 Å². The molecule has 6 rings (SSSR count). The van der Waals surface area contributed by atoms with Gasteiger partial charge in [0.05, 0.1) is 13.1 Å². The molecule has 3 nitrogen and oxygen atoms in total. The molecule has 168 valence electrons. The summed E-state index contributed by atoms with van der Waals surface area (Å²) in [5.41, 5.74) is 8.20. The standard InChI is InChI=1S/C29H30N3.HI/c1-5-31-25-18-21-10-6-7-11-22(21)19-26(25)32-17-16-20(28(31)32)14-15-27-29(2,3)23-12-8-9-13-24(23)30(27)4;/h6-15,18-19H,5,16-17H2,1-4H3;1H/q+1;/p-1. The van der Waals surface area contributed by atoms with E-state index in [1.165, 1.54) is 50.2 Å². The first-order chi connectivity index (χ1) is 15.5. The lowest BCUT2D eigenvalue weighted by Crippen LogP contribution is -3.00. The van der Waals surface area contributed by atoms with Crippen molar-refractivity contribution in [2.45, 2.75) is 45.7 Å². The van der Waals surface area contributed by atoms with Gasteiger partial charge >= 0.3 is 0 Å². The predicted molar refractivity (Wildman–Crippen MR) is 134 cm³/mol. The maximum Gasteiger partial charge on any atom is 0.285 e. The number of para-hydroxylation sites is 1. The van der Waals surface area contributed by atoms with Gasteiger partial charge in [0.2, 0.25) is 0 Å². The van der Waals surface area contributed by atoms with Crippen LogP contribution in [-0.4, -0.2) is 11.6 Å². The molecule has 3 aromatic carbocycles. The summed E-state index contributed by atoms with van der Waals surface area (Å²) >= 11 is 0. The molecule has 0 N–H and O–H groups in total. The Morgan fingerprint density at radius 2 is 1.67 bits per heavy atom. The second kappa shape index (κ2) is 8.01. The number of aryl methyl sites for hydroxylation is 2. The van der Waals surface area contributed by atoms with Crippen LogP contribution in [0.2, 0.25) is 0 Å². The maximum absolute atomic E-state index is 2.52. The summed E-state index contributed by atoms with van der Waals surface area (Å²) < 4.78 is 5.02. The number of nitrogens with zero attached hydrogens (tertiary/aromatic N) is 3. The molecule has 33 heavy (non-hydrogen) atoms. The van der Waals surface area contributed by atoms with Crippen molar-refractivity contribution >= 4 is 33.1 Å². The zero-order valence-electron chi connectivity index (χ0n) is 19.8. The molecule has 0 saturated carbocycles. The summed E-state index contributed by atoms with van der Waals surface area (Å²) in [5, 5.41) is 2.63. The van der Waals surface area contributed by atoms with Gasteiger partial charge in [-0.2, -0.15) is 0 Å². The van der Waals surface area contributed by atoms with Crippen LogP contribution in [0.4, 0.5) is 5.69 Å². The van der Waals surface area contributed by atoms with E-state index in [0.29, 0.717) is 0 Å². The Bertz CT molecular complexity index is 1420. The van der Waals surface area contributed by atoms with Crippen LogP contribution in [-0.2, 0) is 18.5 Å². The van der Waals surface area contributed by atoms with E-state index in [-0.39, 0.29) is 29.4 Å². The number of allylic oxidation sites excluding steroid dienone is 4. The smallest absolute Gasteiger partial charge is 0.285 e. The average molecular weight is 547 g/mol. The molecule has 0 radical (unpaired) electrons. The van der Waals surface area contributed by atoms with Crippen LogP contribution in [0.5, 0.6) is 0 Å². The van der Waals surface area contributed by atoms with E-state index in [9.17, 15) is 0 Å². The summed E-state index contributed by atoms with van der Waals surface area (Å²) in [6.07, 6.45) is 5.82. The van der Waals surface area contributed by atoms with Gasteiger partial charge in [-0.1, -0.05) is 56.3 Å². The monoisotopic (exact) mass is 547 g/mol. The number of likely N-dealkylation sites (N-methyl/N-ethyl adjacent to an activating group) is 1. The number of hydrogen-bond acceptors (Lipinski definition) is 1. The Hall–Kier alpha value is -2.60. The Morgan fingerprint density at radius 3 is 2.39 bits per heavy atom. The summed E-state index contributed by atoms with van der Waals surface area (Å²) in [5.74, 6) is 1.37. The van der Waals surface area contributed by atoms with Crippen LogP contribution < -0.4 is 33.4 Å². The molecule has 4 heteroatoms. The van der Waals surface area contributed by atoms with Crippen molar-refractivity contribution in [2.75, 3.05) is 11.9 Å². The molecule has 0 spiro atoms. The third kappa shape index (κ3) is 3.17. The quantitative estimate of drug-likeness (QED) is 0.278. The largest absolute Gasteiger partial charge is 1.00 e. The minimum atomic E-state index is 0. The summed E-state index contributed by atoms with van der Waals surface area (Å²) in [6, 6.07) is 22.2. The second-order valence-electron chi connectivity index (χ2n) is 9.60. The SMILES string of the molecule is CCn1c2[n+](c3cc4ccccc4cc31)CC/C2=C\C=C1/N(C)c2ccccc2C1(C)C.[I-]. The van der Waals surface area contributed by atoms with Crippen molar-refractivity contribution in [3.8, 4) is 0 Å². The number of rotatable bonds is 2. The molecule has 3 heterocycles. The second-order valence-corrected chi connectivity index (χ2v) is 9.60. The number of imidazole rings is 1. The molecule has 0 saturated heterocycles. The number of halogens is 1. The van der Waals surface area contributed by atoms with Crippen LogP contribution in [0.25, 0.3) is 27.4 Å². The molecule has 2 aliphatic heterocycles. The minimum Gasteiger partial charge on any atom is -1.00 e. The van der Waals surface area contributed by atoms with Crippen LogP contribution >= 0.6 is 0 Å². The zero-order valence-corrected chi connectivity index (χ0v) is 21.9. The van der Waals surface area contributed by atoms with Gasteiger partial charge < -0.3 is 28.9 Å². The van der Waals surface area contributed by atoms with Crippen LogP contribution in [0.3, 0.4) is 0 Å². The number of hydrogen-bond donors (Lipinski definition) is 0. The maximum atomic E-state index is 2.52. The van der Waals surface area contributed by atoms with Crippen LogP contribution in [0, 0.1) is 0 Å². The molecule has 0 atom stereocenters. The third-order valence-electron chi connectivity index (χ3n) is 7.53. The molecule has 0 unspecified atom stereocenters. The molecule has 1 aromatic heterocycles. The van der Waals surface area contributed by atoms with Gasteiger partial charge in [-0.25, -0.2) is 9.13 Å². The highest BCUT2D eigenvalue weighted by Crippen LogP contribution is 2.46. The highest BCUT2D eigenvalue weighted by molar-refractivity contribution is 5.94. The van der Waals surface area contributed by atoms with Gasteiger partial charge in [0.15, 0.2) is 11.0 Å². The van der Waals surface area contributed by atoms with Gasteiger partial charge in [-0.3, -0.25) is 0 Å². The van der Waals surface area contributed by atoms with Crippen molar-refractivity contribution in [1.29, 1.82) is 0 Å². The molecule has 0 amide bonds. The minimum absolute atomic E-state index is 0. The number of anilines is 1. The van der Waals surface area contributed by atoms with Crippen molar-refractivity contribution in [1.82, 2.24) is 4.57 Å². The zero-order chi connectivity index (χ0) is 22.0. The van der Waals surface area contributed by atoms with Gasteiger partial charge in [0.1, 0.15) is 0 Å². The summed E-state index contributed by atoms with van der Waals surface area (Å²) in [7, 11) is 2.20. The average Bonchev–Trinajstić information content (AvgIpc) is 3.40. The van der Waals surface area contributed by atoms with Crippen LogP contribution in [0.1, 0.15) is 38.6 Å². The first-order valence-electron chi connectivity index (χ1n) is 11.7. The lowest BCUT2D eigenvalue weighted by molar-refractivity contribution is -0.664. The lowest BCUT2D eigenvalue weighted by Gasteiger charge is -2.23. The number of aromatic nitrogens is 2. The van der Waals surface area contributed by atoms with E-state index in [1.807, 2.05) is 0 Å². The van der Waals surface area contributed by atoms with Gasteiger partial charge in [-0.05, 0) is 53.6 Å². The van der Waals surface area contributed by atoms with E-state index in [4.69, 9.17) is 0 Å². The molecule has 4 aromatic rings. The highest BCUT2D eigenvalue weighted by atomic mass is 127. The Labute approximate surface area is 213 Å². The Balaban J connectivity index is 0.00000228. The first kappa shape index (κ1) is 22.2. The fourth-order valence-corrected chi connectivity index (χ4v) is 5.90. The van der Waals surface area contributed by atoms with E-state index < -0.39 is 0 Å². The Kier molecular flexibility index (Phi) is 5.39. The van der Waals surface area contributed by atoms with E-state index in [1.54, 1.807) is 0 Å². The Morgan fingerprint density at radius 1 is 0.970 bits per heavy atom. The highest BCUT2D eigenvalue weighted by Gasteiger charge is 2.38. The van der Waals surface area contributed by atoms with Crippen molar-refractivity contribution in [3.63, 3.8) is 0 Å². The predicted octanol–water partition coefficient (Wildman–Crippen LogP) is 3.20. The lowest BCUT2D eigenvalue weighted by atomic mass is 9.83. The summed E-state index contributed by atoms with van der Waals surface area (Å²) in [4.78, 5) is 2.36. The van der Waals surface area contributed by atoms with Crippen molar-refractivity contribution in [2.24, 2.45) is 0 Å². The molecule has 2 aliphatic rings. The molecular weight excluding hydrogens is 517 g/mol. The van der Waals surface area contributed by atoms with Gasteiger partial charge in [0, 0.05) is 35.8 Å². The first-order valence-corrected chi connectivity index (χ1v) is 11.7. The van der Waals surface area contributed by atoms with Crippen molar-refractivity contribution < 1.29 is 28.5 Å². The summed E-state index contributed by atoms with van der Waals surface area (Å²) in [6.45, 7) is 8.95. The topological polar surface area (TPSA) is 12.0 Å². The normalized spacial score (nSPS) is 18.8. The molecule has 0 fully saturated rings. The van der Waals surface area contributed by atoms with E-state index >= 15 is 0 Å².